The monoisotopic (exact) mass is 893 g/mol. The van der Waals surface area contributed by atoms with Crippen molar-refractivity contribution in [3.05, 3.63) is 35.9 Å². The second kappa shape index (κ2) is 16.7. The summed E-state index contributed by atoms with van der Waals surface area (Å²) in [6.07, 6.45) is -2.57. The number of alkyl halides is 3. The molecular weight excluding hydrogens is 840 g/mol. The number of hydrogen-bond acceptors (Lipinski definition) is 12. The molecule has 62 heavy (non-hydrogen) atoms. The van der Waals surface area contributed by atoms with Gasteiger partial charge in [-0.2, -0.15) is 18.2 Å². The fourth-order valence-corrected chi connectivity index (χ4v) is 9.51. The number of allylic oxidation sites excluding steroid dienone is 1. The van der Waals surface area contributed by atoms with E-state index in [9.17, 15) is 40.8 Å². The zero-order valence-electron chi connectivity index (χ0n) is 35.6. The fraction of sp³-hybridized carbons (Fsp3) is 0.643. The van der Waals surface area contributed by atoms with Crippen molar-refractivity contribution in [2.45, 2.75) is 145 Å². The van der Waals surface area contributed by atoms with Gasteiger partial charge < -0.3 is 39.2 Å². The van der Waals surface area contributed by atoms with Crippen molar-refractivity contribution < 1.29 is 64.5 Å². The molecule has 5 aliphatic rings. The number of nitrogens with one attached hydrogen (secondary N) is 3. The maximum absolute atomic E-state index is 15.0. The first kappa shape index (κ1) is 45.2. The van der Waals surface area contributed by atoms with Crippen molar-refractivity contribution >= 4 is 44.6 Å². The number of methoxy groups -OCH3 is 1. The van der Waals surface area contributed by atoms with Crippen molar-refractivity contribution in [3.63, 3.8) is 0 Å². The van der Waals surface area contributed by atoms with E-state index < -0.39 is 92.2 Å². The van der Waals surface area contributed by atoms with Crippen LogP contribution in [0, 0.1) is 5.92 Å². The van der Waals surface area contributed by atoms with Crippen molar-refractivity contribution in [3.8, 4) is 17.5 Å². The number of halogens is 3. The number of carbonyl (C=O) groups is 4. The van der Waals surface area contributed by atoms with E-state index in [1.165, 1.54) is 14.0 Å². The van der Waals surface area contributed by atoms with Crippen molar-refractivity contribution in [1.82, 2.24) is 25.2 Å². The number of aryl methyl sites for hydroxylation is 1. The Hall–Kier alpha value is -4.85. The number of alkyl carbamates (subject to hydrolysis) is 1. The van der Waals surface area contributed by atoms with Crippen LogP contribution in [0.25, 0.3) is 10.8 Å². The maximum Gasteiger partial charge on any atom is 0.427 e. The largest absolute Gasteiger partial charge is 0.497 e. The quantitative estimate of drug-likeness (QED) is 0.292. The Morgan fingerprint density at radius 3 is 2.56 bits per heavy atom. The van der Waals surface area contributed by atoms with Crippen LogP contribution in [0.15, 0.2) is 30.4 Å². The van der Waals surface area contributed by atoms with E-state index in [1.807, 2.05) is 6.07 Å². The van der Waals surface area contributed by atoms with Crippen LogP contribution in [0.2, 0.25) is 0 Å². The molecule has 1 saturated heterocycles. The summed E-state index contributed by atoms with van der Waals surface area (Å²) in [7, 11) is -2.57. The number of carbonyl (C=O) groups excluding carboxylic acids is 4. The maximum atomic E-state index is 15.0. The van der Waals surface area contributed by atoms with Crippen LogP contribution in [-0.4, -0.2) is 115 Å². The lowest BCUT2D eigenvalue weighted by atomic mass is 10.0. The Balaban J connectivity index is 1.26. The van der Waals surface area contributed by atoms with Gasteiger partial charge in [0.1, 0.15) is 29.5 Å². The molecule has 3 aliphatic heterocycles. The number of rotatable bonds is 9. The molecule has 3 fully saturated rings. The molecule has 0 unspecified atom stereocenters. The molecule has 340 valence electrons. The minimum Gasteiger partial charge on any atom is -0.497 e. The molecule has 0 radical (unpaired) electrons. The van der Waals surface area contributed by atoms with Gasteiger partial charge in [-0.15, -0.1) is 0 Å². The SMILES string of the molecule is CC[C@@H]1O[C@H](C)CC/C=C\[C@@H]2C[C@@]2(C(=O)NS(=O)(=O)C2(C)CC2)NC(=O)[C@@H]2C[C@@H](Oc3nc4c(c5cc(OC)ccc35)CCCO4)CN2C(=O)[C@H]1NC(=O)OC(C)(C)C(F)(F)F. The smallest absolute Gasteiger partial charge is 0.427 e. The normalized spacial score (nSPS) is 29.3. The van der Waals surface area contributed by atoms with Crippen LogP contribution in [0.5, 0.6) is 17.5 Å². The zero-order valence-corrected chi connectivity index (χ0v) is 36.4. The molecule has 1 aromatic heterocycles. The molecule has 7 atom stereocenters. The number of amides is 4. The summed E-state index contributed by atoms with van der Waals surface area (Å²) in [5.74, 6) is -2.15. The first-order valence-corrected chi connectivity index (χ1v) is 22.5. The fourth-order valence-electron chi connectivity index (χ4n) is 8.20. The van der Waals surface area contributed by atoms with E-state index in [0.29, 0.717) is 69.6 Å². The molecule has 2 saturated carbocycles. The van der Waals surface area contributed by atoms with E-state index in [1.54, 1.807) is 38.1 Å². The van der Waals surface area contributed by atoms with Gasteiger partial charge in [0, 0.05) is 23.3 Å². The van der Waals surface area contributed by atoms with Crippen LogP contribution in [0.3, 0.4) is 0 Å². The average molecular weight is 894 g/mol. The lowest BCUT2D eigenvalue weighted by Gasteiger charge is -2.35. The van der Waals surface area contributed by atoms with Gasteiger partial charge in [-0.1, -0.05) is 19.1 Å². The second-order valence-electron chi connectivity index (χ2n) is 17.6. The summed E-state index contributed by atoms with van der Waals surface area (Å²) < 4.78 is 98.2. The van der Waals surface area contributed by atoms with Crippen molar-refractivity contribution in [2.75, 3.05) is 20.3 Å². The van der Waals surface area contributed by atoms with Crippen LogP contribution in [0.4, 0.5) is 18.0 Å². The van der Waals surface area contributed by atoms with E-state index in [-0.39, 0.29) is 31.7 Å². The molecule has 0 spiro atoms. The van der Waals surface area contributed by atoms with E-state index >= 15 is 0 Å². The van der Waals surface area contributed by atoms with Crippen LogP contribution in [-0.2, 0) is 40.3 Å². The number of sulfonamides is 1. The molecule has 7 rings (SSSR count). The van der Waals surface area contributed by atoms with Crippen LogP contribution in [0.1, 0.15) is 91.5 Å². The highest BCUT2D eigenvalue weighted by Crippen LogP contribution is 2.48. The molecule has 3 N–H and O–H groups in total. The minimum atomic E-state index is -4.95. The number of ether oxygens (including phenoxy) is 5. The summed E-state index contributed by atoms with van der Waals surface area (Å²) in [6, 6.07) is 2.29. The summed E-state index contributed by atoms with van der Waals surface area (Å²) in [5, 5.41) is 6.49. The van der Waals surface area contributed by atoms with E-state index in [0.717, 1.165) is 22.3 Å². The molecule has 1 aromatic carbocycles. The number of benzene rings is 1. The van der Waals surface area contributed by atoms with Crippen LogP contribution >= 0.6 is 0 Å². The van der Waals surface area contributed by atoms with Gasteiger partial charge in [-0.3, -0.25) is 19.1 Å². The van der Waals surface area contributed by atoms with Gasteiger partial charge in [0.05, 0.1) is 37.2 Å². The summed E-state index contributed by atoms with van der Waals surface area (Å²) in [4.78, 5) is 62.8. The third kappa shape index (κ3) is 8.85. The molecule has 4 amide bonds. The van der Waals surface area contributed by atoms with Gasteiger partial charge in [-0.05, 0) is 103 Å². The molecular formula is C42H54F3N5O11S. The summed E-state index contributed by atoms with van der Waals surface area (Å²) in [5.41, 5.74) is -3.77. The zero-order chi connectivity index (χ0) is 45.0. The van der Waals surface area contributed by atoms with E-state index in [4.69, 9.17) is 28.7 Å². The third-order valence-corrected chi connectivity index (χ3v) is 14.8. The van der Waals surface area contributed by atoms with Crippen molar-refractivity contribution in [1.29, 1.82) is 0 Å². The number of aromatic nitrogens is 1. The number of fused-ring (bicyclic) bond motifs is 5. The first-order valence-electron chi connectivity index (χ1n) is 21.0. The van der Waals surface area contributed by atoms with Gasteiger partial charge >= 0.3 is 12.3 Å². The molecule has 16 nitrogen and oxygen atoms in total. The number of hydrogen-bond donors (Lipinski definition) is 3. The average Bonchev–Trinajstić information content (AvgIpc) is 4.09. The Morgan fingerprint density at radius 1 is 1.15 bits per heavy atom. The standard InChI is InChI=1S/C42H54F3N5O11S/c1-7-31-32(46-38(54)61-39(3,4)42(43,44)45)36(52)50-22-26(60-35-28-15-14-25(57-6)19-29(28)27-13-10-18-58-34(27)47-35)20-30(50)33(51)48-41(21-24(41)12-9-8-11-23(2)59-31)37(53)49-62(55,56)40(5)16-17-40/h9,12,14-15,19,23-24,26,30-32H,7-8,10-11,13,16-18,20-22H2,1-6H3,(H,46,54)(H,48,51)(H,49,53)/b12-9-/t23-,24-,26-,30+,31+,32+,41-/m1/s1. The van der Waals surface area contributed by atoms with Gasteiger partial charge in [0.25, 0.3) is 5.91 Å². The van der Waals surface area contributed by atoms with Crippen molar-refractivity contribution in [2.24, 2.45) is 5.92 Å². The van der Waals surface area contributed by atoms with Crippen LogP contribution < -0.4 is 29.6 Å². The lowest BCUT2D eigenvalue weighted by Crippen LogP contribution is -2.61. The predicted octanol–water partition coefficient (Wildman–Crippen LogP) is 4.76. The predicted molar refractivity (Wildman–Crippen MR) is 217 cm³/mol. The Morgan fingerprint density at radius 2 is 1.89 bits per heavy atom. The topological polar surface area (TPSA) is 201 Å². The molecule has 4 heterocycles. The van der Waals surface area contributed by atoms with Gasteiger partial charge in [0.2, 0.25) is 39.2 Å². The summed E-state index contributed by atoms with van der Waals surface area (Å²) in [6.45, 7) is 6.43. The molecule has 0 bridgehead atoms. The Labute approximate surface area is 358 Å². The number of pyridine rings is 1. The van der Waals surface area contributed by atoms with Gasteiger partial charge in [-0.25, -0.2) is 13.2 Å². The van der Waals surface area contributed by atoms with Gasteiger partial charge in [0.15, 0.2) is 0 Å². The highest BCUT2D eigenvalue weighted by molar-refractivity contribution is 7.91. The van der Waals surface area contributed by atoms with E-state index in [2.05, 4.69) is 15.4 Å². The first-order chi connectivity index (χ1) is 29.1. The molecule has 20 heteroatoms. The Bertz CT molecular complexity index is 2250. The molecule has 2 aromatic rings. The third-order valence-electron chi connectivity index (χ3n) is 12.6. The molecule has 2 aliphatic carbocycles. The Kier molecular flexibility index (Phi) is 12.2. The lowest BCUT2D eigenvalue weighted by molar-refractivity contribution is -0.244. The second-order valence-corrected chi connectivity index (χ2v) is 19.8. The minimum absolute atomic E-state index is 0.0668. The highest BCUT2D eigenvalue weighted by Gasteiger charge is 2.63. The summed E-state index contributed by atoms with van der Waals surface area (Å²) >= 11 is 0. The highest BCUT2D eigenvalue weighted by atomic mass is 32.2. The number of nitrogens with zero attached hydrogens (tertiary/aromatic N) is 2.